The van der Waals surface area contributed by atoms with Gasteiger partial charge in [-0.1, -0.05) is 12.1 Å². The summed E-state index contributed by atoms with van der Waals surface area (Å²) in [4.78, 5) is 48.8. The van der Waals surface area contributed by atoms with Gasteiger partial charge >= 0.3 is 5.97 Å². The SMILES string of the molecule is CC(NC(=O)C(CS)NC(=O)C(Cc1ccc(O)cc1)NC(=O)C1CCCN1)C(=O)O. The van der Waals surface area contributed by atoms with Gasteiger partial charge in [0.25, 0.3) is 0 Å². The molecule has 0 aliphatic carbocycles. The third kappa shape index (κ3) is 7.44. The molecule has 0 spiro atoms. The highest BCUT2D eigenvalue weighted by Crippen LogP contribution is 2.12. The van der Waals surface area contributed by atoms with Crippen LogP contribution in [0.1, 0.15) is 25.3 Å². The lowest BCUT2D eigenvalue weighted by molar-refractivity contribution is -0.141. The highest BCUT2D eigenvalue weighted by Gasteiger charge is 2.30. The Kier molecular flexibility index (Phi) is 9.13. The van der Waals surface area contributed by atoms with Gasteiger partial charge < -0.3 is 31.5 Å². The molecule has 1 fully saturated rings. The van der Waals surface area contributed by atoms with E-state index in [1.807, 2.05) is 0 Å². The Labute approximate surface area is 185 Å². The second-order valence-corrected chi connectivity index (χ2v) is 7.76. The molecule has 0 saturated carbocycles. The van der Waals surface area contributed by atoms with Gasteiger partial charge in [0.15, 0.2) is 0 Å². The minimum Gasteiger partial charge on any atom is -0.508 e. The summed E-state index contributed by atoms with van der Waals surface area (Å²) in [7, 11) is 0. The van der Waals surface area contributed by atoms with Crippen LogP contribution >= 0.6 is 12.6 Å². The monoisotopic (exact) mass is 452 g/mol. The number of hydrogen-bond donors (Lipinski definition) is 7. The van der Waals surface area contributed by atoms with Crippen LogP contribution in [0.3, 0.4) is 0 Å². The van der Waals surface area contributed by atoms with Crippen molar-refractivity contribution in [3.63, 3.8) is 0 Å². The van der Waals surface area contributed by atoms with Crippen molar-refractivity contribution in [3.05, 3.63) is 29.8 Å². The molecule has 1 aliphatic heterocycles. The largest absolute Gasteiger partial charge is 0.508 e. The number of carboxylic acids is 1. The quantitative estimate of drug-likeness (QED) is 0.229. The number of carbonyl (C=O) groups excluding carboxylic acids is 3. The zero-order valence-electron chi connectivity index (χ0n) is 17.1. The van der Waals surface area contributed by atoms with Gasteiger partial charge in [0.2, 0.25) is 17.7 Å². The molecule has 11 heteroatoms. The molecule has 3 amide bonds. The number of rotatable bonds is 10. The van der Waals surface area contributed by atoms with Crippen LogP contribution in [0.5, 0.6) is 5.75 Å². The first kappa shape index (κ1) is 24.5. The van der Waals surface area contributed by atoms with Crippen molar-refractivity contribution in [2.45, 2.75) is 50.4 Å². The van der Waals surface area contributed by atoms with Gasteiger partial charge in [-0.25, -0.2) is 0 Å². The average molecular weight is 453 g/mol. The number of nitrogens with one attached hydrogen (secondary N) is 4. The van der Waals surface area contributed by atoms with E-state index >= 15 is 0 Å². The average Bonchev–Trinajstić information content (AvgIpc) is 3.27. The fourth-order valence-electron chi connectivity index (χ4n) is 3.10. The molecule has 2 rings (SSSR count). The number of thiol groups is 1. The van der Waals surface area contributed by atoms with Crippen LogP contribution in [-0.2, 0) is 25.6 Å². The molecule has 0 radical (unpaired) electrons. The summed E-state index contributed by atoms with van der Waals surface area (Å²) in [6.07, 6.45) is 1.65. The number of hydrogen-bond acceptors (Lipinski definition) is 7. The number of benzene rings is 1. The van der Waals surface area contributed by atoms with Crippen molar-refractivity contribution in [2.24, 2.45) is 0 Å². The second-order valence-electron chi connectivity index (χ2n) is 7.39. The maximum absolute atomic E-state index is 12.9. The molecule has 1 aliphatic rings. The molecule has 31 heavy (non-hydrogen) atoms. The topological polar surface area (TPSA) is 157 Å². The van der Waals surface area contributed by atoms with Gasteiger partial charge in [-0.05, 0) is 44.0 Å². The van der Waals surface area contributed by atoms with E-state index in [0.29, 0.717) is 12.0 Å². The van der Waals surface area contributed by atoms with E-state index in [4.69, 9.17) is 5.11 Å². The van der Waals surface area contributed by atoms with Gasteiger partial charge in [-0.2, -0.15) is 12.6 Å². The number of carbonyl (C=O) groups is 4. The lowest BCUT2D eigenvalue weighted by atomic mass is 10.0. The smallest absolute Gasteiger partial charge is 0.325 e. The zero-order valence-corrected chi connectivity index (χ0v) is 18.0. The fraction of sp³-hybridized carbons (Fsp3) is 0.500. The molecule has 170 valence electrons. The van der Waals surface area contributed by atoms with Crippen LogP contribution in [0.25, 0.3) is 0 Å². The van der Waals surface area contributed by atoms with Crippen LogP contribution in [0, 0.1) is 0 Å². The molecule has 0 aromatic heterocycles. The van der Waals surface area contributed by atoms with Crippen LogP contribution < -0.4 is 21.3 Å². The Balaban J connectivity index is 2.11. The Morgan fingerprint density at radius 2 is 1.74 bits per heavy atom. The van der Waals surface area contributed by atoms with Crippen molar-refractivity contribution in [1.29, 1.82) is 0 Å². The van der Waals surface area contributed by atoms with E-state index in [1.165, 1.54) is 19.1 Å². The van der Waals surface area contributed by atoms with Crippen molar-refractivity contribution in [1.82, 2.24) is 21.3 Å². The summed E-state index contributed by atoms with van der Waals surface area (Å²) in [5.74, 6) is -2.80. The molecule has 1 aromatic carbocycles. The molecule has 1 aromatic rings. The Morgan fingerprint density at radius 1 is 1.10 bits per heavy atom. The highest BCUT2D eigenvalue weighted by molar-refractivity contribution is 7.80. The van der Waals surface area contributed by atoms with Gasteiger partial charge in [0.1, 0.15) is 23.9 Å². The molecule has 1 heterocycles. The van der Waals surface area contributed by atoms with Crippen molar-refractivity contribution < 1.29 is 29.4 Å². The first-order valence-electron chi connectivity index (χ1n) is 9.97. The lowest BCUT2D eigenvalue weighted by Gasteiger charge is -2.24. The Hall–Kier alpha value is -2.79. The summed E-state index contributed by atoms with van der Waals surface area (Å²) < 4.78 is 0. The zero-order chi connectivity index (χ0) is 23.0. The molecular weight excluding hydrogens is 424 g/mol. The maximum Gasteiger partial charge on any atom is 0.325 e. The maximum atomic E-state index is 12.9. The predicted octanol–water partition coefficient (Wildman–Crippen LogP) is -0.825. The van der Waals surface area contributed by atoms with E-state index in [9.17, 15) is 24.3 Å². The second kappa shape index (κ2) is 11.6. The fourth-order valence-corrected chi connectivity index (χ4v) is 3.36. The summed E-state index contributed by atoms with van der Waals surface area (Å²) in [6, 6.07) is 2.63. The van der Waals surface area contributed by atoms with E-state index in [-0.39, 0.29) is 23.8 Å². The third-order valence-corrected chi connectivity index (χ3v) is 5.30. The molecule has 0 bridgehead atoms. The van der Waals surface area contributed by atoms with Gasteiger partial charge in [-0.15, -0.1) is 0 Å². The predicted molar refractivity (Wildman–Crippen MR) is 116 cm³/mol. The van der Waals surface area contributed by atoms with Crippen LogP contribution in [-0.4, -0.2) is 70.4 Å². The summed E-state index contributed by atoms with van der Waals surface area (Å²) in [5.41, 5.74) is 0.698. The van der Waals surface area contributed by atoms with Crippen molar-refractivity contribution in [2.75, 3.05) is 12.3 Å². The first-order chi connectivity index (χ1) is 14.7. The van der Waals surface area contributed by atoms with E-state index in [1.54, 1.807) is 12.1 Å². The van der Waals surface area contributed by atoms with Gasteiger partial charge in [0.05, 0.1) is 6.04 Å². The molecular formula is C20H28N4O6S. The van der Waals surface area contributed by atoms with Crippen molar-refractivity contribution in [3.8, 4) is 5.75 Å². The number of phenols is 1. The molecule has 4 atom stereocenters. The van der Waals surface area contributed by atoms with E-state index in [2.05, 4.69) is 33.9 Å². The van der Waals surface area contributed by atoms with Crippen molar-refractivity contribution >= 4 is 36.3 Å². The number of amides is 3. The van der Waals surface area contributed by atoms with E-state index < -0.39 is 42.0 Å². The minimum absolute atomic E-state index is 0.0615. The standard InChI is InChI=1S/C20H28N4O6S/c1-11(20(29)30)22-19(28)16(10-31)24-18(27)15(9-12-4-6-13(25)7-5-12)23-17(26)14-3-2-8-21-14/h4-7,11,14-16,21,25,31H,2-3,8-10H2,1H3,(H,22,28)(H,23,26)(H,24,27)(H,29,30). The van der Waals surface area contributed by atoms with Crippen LogP contribution in [0.2, 0.25) is 0 Å². The van der Waals surface area contributed by atoms with Gasteiger partial charge in [-0.3, -0.25) is 19.2 Å². The molecule has 6 N–H and O–H groups in total. The number of aliphatic carboxylic acids is 1. The van der Waals surface area contributed by atoms with Gasteiger partial charge in [0, 0.05) is 12.2 Å². The third-order valence-electron chi connectivity index (χ3n) is 4.93. The number of carboxylic acid groups (broad SMARTS) is 1. The first-order valence-corrected chi connectivity index (χ1v) is 10.6. The number of phenolic OH excluding ortho intramolecular Hbond substituents is 1. The van der Waals surface area contributed by atoms with Crippen LogP contribution in [0.4, 0.5) is 0 Å². The molecule has 1 saturated heterocycles. The number of aromatic hydroxyl groups is 1. The Bertz CT molecular complexity index is 797. The normalized spacial score (nSPS) is 18.5. The molecule has 10 nitrogen and oxygen atoms in total. The molecule has 4 unspecified atom stereocenters. The minimum atomic E-state index is -1.21. The lowest BCUT2D eigenvalue weighted by Crippen LogP contribution is -2.57. The Morgan fingerprint density at radius 3 is 2.29 bits per heavy atom. The van der Waals surface area contributed by atoms with E-state index in [0.717, 1.165) is 13.0 Å². The highest BCUT2D eigenvalue weighted by atomic mass is 32.1. The summed E-state index contributed by atoms with van der Waals surface area (Å²) >= 11 is 4.08. The summed E-state index contributed by atoms with van der Waals surface area (Å²) in [6.45, 7) is 2.02. The van der Waals surface area contributed by atoms with Crippen LogP contribution in [0.15, 0.2) is 24.3 Å². The summed E-state index contributed by atoms with van der Waals surface area (Å²) in [5, 5.41) is 29.0.